The first-order chi connectivity index (χ1) is 6.43. The summed E-state index contributed by atoms with van der Waals surface area (Å²) in [5, 5.41) is 8.61. The zero-order chi connectivity index (χ0) is 10.9. The summed E-state index contributed by atoms with van der Waals surface area (Å²) in [5.74, 6) is -0.900. The third-order valence-corrected chi connectivity index (χ3v) is 2.33. The van der Waals surface area contributed by atoms with Crippen LogP contribution in [0.5, 0.6) is 0 Å². The van der Waals surface area contributed by atoms with Crippen LogP contribution in [-0.2, 0) is 4.79 Å². The van der Waals surface area contributed by atoms with E-state index in [1.54, 1.807) is 20.8 Å². The van der Waals surface area contributed by atoms with Gasteiger partial charge >= 0.3 is 11.7 Å². The highest BCUT2D eigenvalue weighted by Crippen LogP contribution is 2.12. The molecule has 5 nitrogen and oxygen atoms in total. The van der Waals surface area contributed by atoms with E-state index in [1.807, 2.05) is 0 Å². The Kier molecular flexibility index (Phi) is 2.78. The summed E-state index contributed by atoms with van der Waals surface area (Å²) in [6, 6.07) is -0.315. The predicted molar refractivity (Wildman–Crippen MR) is 51.5 cm³/mol. The van der Waals surface area contributed by atoms with Crippen molar-refractivity contribution < 1.29 is 9.90 Å². The Labute approximate surface area is 81.4 Å². The van der Waals surface area contributed by atoms with Gasteiger partial charge in [0.25, 0.3) is 0 Å². The first kappa shape index (κ1) is 10.6. The van der Waals surface area contributed by atoms with Crippen molar-refractivity contribution in [2.45, 2.75) is 33.2 Å². The average molecular weight is 198 g/mol. The number of aromatic nitrogens is 2. The zero-order valence-electron chi connectivity index (χ0n) is 8.50. The molecule has 0 saturated carbocycles. The molecule has 78 valence electrons. The van der Waals surface area contributed by atoms with Crippen molar-refractivity contribution in [3.05, 3.63) is 21.9 Å². The Morgan fingerprint density at radius 2 is 2.14 bits per heavy atom. The molecule has 0 spiro atoms. The monoisotopic (exact) mass is 198 g/mol. The van der Waals surface area contributed by atoms with E-state index >= 15 is 0 Å². The van der Waals surface area contributed by atoms with Gasteiger partial charge in [-0.05, 0) is 20.8 Å². The molecule has 1 unspecified atom stereocenters. The van der Waals surface area contributed by atoms with Crippen molar-refractivity contribution in [1.29, 1.82) is 0 Å². The first-order valence-corrected chi connectivity index (χ1v) is 4.43. The second-order valence-electron chi connectivity index (χ2n) is 3.46. The summed E-state index contributed by atoms with van der Waals surface area (Å²) < 4.78 is 1.48. The topological polar surface area (TPSA) is 75.1 Å². The average Bonchev–Trinajstić information content (AvgIpc) is 2.25. The largest absolute Gasteiger partial charge is 0.481 e. The molecule has 0 aliphatic carbocycles. The standard InChI is InChI=1S/C9H14N2O3/c1-5(4-8(12)13)11-7(3)6(2)10-9(11)14/h5H,4H2,1-3H3,(H,10,14)(H,12,13). The number of aromatic amines is 1. The van der Waals surface area contributed by atoms with E-state index in [4.69, 9.17) is 5.11 Å². The van der Waals surface area contributed by atoms with Crippen molar-refractivity contribution in [3.63, 3.8) is 0 Å². The smallest absolute Gasteiger partial charge is 0.326 e. The molecule has 0 aliphatic rings. The lowest BCUT2D eigenvalue weighted by molar-refractivity contribution is -0.137. The highest BCUT2D eigenvalue weighted by Gasteiger charge is 2.15. The van der Waals surface area contributed by atoms with Crippen molar-refractivity contribution in [2.75, 3.05) is 0 Å². The number of aliphatic carboxylic acids is 1. The van der Waals surface area contributed by atoms with E-state index < -0.39 is 5.97 Å². The minimum Gasteiger partial charge on any atom is -0.481 e. The molecule has 1 aromatic rings. The maximum Gasteiger partial charge on any atom is 0.326 e. The molecule has 14 heavy (non-hydrogen) atoms. The van der Waals surface area contributed by atoms with Gasteiger partial charge in [0.05, 0.1) is 6.42 Å². The van der Waals surface area contributed by atoms with E-state index in [0.717, 1.165) is 11.4 Å². The van der Waals surface area contributed by atoms with Crippen molar-refractivity contribution in [2.24, 2.45) is 0 Å². The highest BCUT2D eigenvalue weighted by atomic mass is 16.4. The van der Waals surface area contributed by atoms with Crippen molar-refractivity contribution >= 4 is 5.97 Å². The fourth-order valence-electron chi connectivity index (χ4n) is 1.52. The molecular weight excluding hydrogens is 184 g/mol. The van der Waals surface area contributed by atoms with Gasteiger partial charge in [-0.2, -0.15) is 0 Å². The zero-order valence-corrected chi connectivity index (χ0v) is 8.50. The number of imidazole rings is 1. The van der Waals surface area contributed by atoms with Gasteiger partial charge in [-0.3, -0.25) is 9.36 Å². The van der Waals surface area contributed by atoms with Crippen molar-refractivity contribution in [3.8, 4) is 0 Å². The quantitative estimate of drug-likeness (QED) is 0.755. The first-order valence-electron chi connectivity index (χ1n) is 4.43. The lowest BCUT2D eigenvalue weighted by atomic mass is 10.2. The van der Waals surface area contributed by atoms with E-state index in [-0.39, 0.29) is 18.2 Å². The molecule has 1 atom stereocenters. The number of carboxylic acids is 1. The molecular formula is C9H14N2O3. The highest BCUT2D eigenvalue weighted by molar-refractivity contribution is 5.67. The number of nitrogens with zero attached hydrogens (tertiary/aromatic N) is 1. The fourth-order valence-corrected chi connectivity index (χ4v) is 1.52. The van der Waals surface area contributed by atoms with Gasteiger partial charge in [0.15, 0.2) is 0 Å². The van der Waals surface area contributed by atoms with Crippen LogP contribution in [0.1, 0.15) is 30.8 Å². The number of hydrogen-bond donors (Lipinski definition) is 2. The Bertz CT molecular complexity index is 403. The SMILES string of the molecule is Cc1[nH]c(=O)n(C(C)CC(=O)O)c1C. The lowest BCUT2D eigenvalue weighted by Gasteiger charge is -2.11. The minimum absolute atomic E-state index is 0.0436. The summed E-state index contributed by atoms with van der Waals surface area (Å²) in [6.07, 6.45) is -0.0436. The summed E-state index contributed by atoms with van der Waals surface area (Å²) in [6.45, 7) is 5.31. The van der Waals surface area contributed by atoms with E-state index in [0.29, 0.717) is 0 Å². The van der Waals surface area contributed by atoms with E-state index in [9.17, 15) is 9.59 Å². The summed E-state index contributed by atoms with van der Waals surface area (Å²) in [5.41, 5.74) is 1.34. The Morgan fingerprint density at radius 3 is 2.50 bits per heavy atom. The number of aryl methyl sites for hydroxylation is 1. The normalized spacial score (nSPS) is 12.8. The molecule has 1 rings (SSSR count). The van der Waals surface area contributed by atoms with Gasteiger partial charge in [0, 0.05) is 17.4 Å². The second-order valence-corrected chi connectivity index (χ2v) is 3.46. The van der Waals surface area contributed by atoms with Crippen LogP contribution in [0.3, 0.4) is 0 Å². The fraction of sp³-hybridized carbons (Fsp3) is 0.556. The van der Waals surface area contributed by atoms with Crippen LogP contribution in [0.15, 0.2) is 4.79 Å². The molecule has 0 radical (unpaired) electrons. The summed E-state index contributed by atoms with van der Waals surface area (Å²) in [4.78, 5) is 24.5. The van der Waals surface area contributed by atoms with Crippen LogP contribution < -0.4 is 5.69 Å². The molecule has 1 heterocycles. The van der Waals surface area contributed by atoms with Crippen LogP contribution in [0.25, 0.3) is 0 Å². The van der Waals surface area contributed by atoms with Gasteiger partial charge in [0.1, 0.15) is 0 Å². The predicted octanol–water partition coefficient (Wildman–Crippen LogP) is 0.829. The molecule has 0 saturated heterocycles. The number of nitrogens with one attached hydrogen (secondary N) is 1. The van der Waals surface area contributed by atoms with Crippen LogP contribution >= 0.6 is 0 Å². The third-order valence-electron chi connectivity index (χ3n) is 2.33. The van der Waals surface area contributed by atoms with Crippen LogP contribution in [0, 0.1) is 13.8 Å². The van der Waals surface area contributed by atoms with Gasteiger partial charge in [-0.1, -0.05) is 0 Å². The Balaban J connectivity index is 3.06. The summed E-state index contributed by atoms with van der Waals surface area (Å²) in [7, 11) is 0. The summed E-state index contributed by atoms with van der Waals surface area (Å²) >= 11 is 0. The minimum atomic E-state index is -0.900. The van der Waals surface area contributed by atoms with Gasteiger partial charge < -0.3 is 10.1 Å². The number of H-pyrrole nitrogens is 1. The van der Waals surface area contributed by atoms with Gasteiger partial charge in [-0.25, -0.2) is 4.79 Å². The second kappa shape index (κ2) is 3.69. The molecule has 0 bridgehead atoms. The number of carboxylic acid groups (broad SMARTS) is 1. The third kappa shape index (κ3) is 1.86. The number of rotatable bonds is 3. The van der Waals surface area contributed by atoms with Crippen LogP contribution in [0.2, 0.25) is 0 Å². The maximum absolute atomic E-state index is 11.4. The van der Waals surface area contributed by atoms with Crippen molar-refractivity contribution in [1.82, 2.24) is 9.55 Å². The van der Waals surface area contributed by atoms with Crippen LogP contribution in [0.4, 0.5) is 0 Å². The van der Waals surface area contributed by atoms with Gasteiger partial charge in [0.2, 0.25) is 0 Å². The molecule has 0 aromatic carbocycles. The van der Waals surface area contributed by atoms with E-state index in [1.165, 1.54) is 4.57 Å². The number of hydrogen-bond acceptors (Lipinski definition) is 2. The molecule has 0 fully saturated rings. The van der Waals surface area contributed by atoms with Gasteiger partial charge in [-0.15, -0.1) is 0 Å². The lowest BCUT2D eigenvalue weighted by Crippen LogP contribution is -2.23. The van der Waals surface area contributed by atoms with E-state index in [2.05, 4.69) is 4.98 Å². The Morgan fingerprint density at radius 1 is 1.57 bits per heavy atom. The molecule has 2 N–H and O–H groups in total. The molecule has 0 aliphatic heterocycles. The molecule has 5 heteroatoms. The number of carbonyl (C=O) groups is 1. The maximum atomic E-state index is 11.4. The Hall–Kier alpha value is -1.52. The van der Waals surface area contributed by atoms with Crippen LogP contribution in [-0.4, -0.2) is 20.6 Å². The molecule has 1 aromatic heterocycles. The molecule has 0 amide bonds.